The molecule has 1 aliphatic heterocycles. The number of likely N-dealkylation sites (tertiary alicyclic amines) is 1. The highest BCUT2D eigenvalue weighted by atomic mass is 16.5. The Morgan fingerprint density at radius 2 is 2.24 bits per heavy atom. The van der Waals surface area contributed by atoms with Gasteiger partial charge in [0.1, 0.15) is 5.65 Å². The van der Waals surface area contributed by atoms with Crippen LogP contribution in [0.2, 0.25) is 0 Å². The number of hydrogen-bond acceptors (Lipinski definition) is 4. The summed E-state index contributed by atoms with van der Waals surface area (Å²) in [6, 6.07) is 4.55. The Morgan fingerprint density at radius 3 is 3.00 bits per heavy atom. The molecule has 2 aromatic rings. The third-order valence-corrected chi connectivity index (χ3v) is 4.41. The van der Waals surface area contributed by atoms with Crippen molar-refractivity contribution >= 4 is 5.65 Å². The fraction of sp³-hybridized carbons (Fsp3) is 0.562. The molecule has 1 aliphatic rings. The number of piperidine rings is 1. The van der Waals surface area contributed by atoms with Gasteiger partial charge in [-0.05, 0) is 31.4 Å². The highest BCUT2D eigenvalue weighted by Crippen LogP contribution is 2.21. The number of aromatic nitrogens is 2. The molecule has 0 saturated carbocycles. The average Bonchev–Trinajstić information content (AvgIpc) is 2.89. The SMILES string of the molecule is COC1CCN(Cc2cn3cc(C)ccc3n2)C(CN)C1. The van der Waals surface area contributed by atoms with E-state index in [0.717, 1.165) is 37.3 Å². The third-order valence-electron chi connectivity index (χ3n) is 4.41. The van der Waals surface area contributed by atoms with Crippen molar-refractivity contribution in [2.75, 3.05) is 20.2 Å². The minimum atomic E-state index is 0.346. The average molecular weight is 288 g/mol. The summed E-state index contributed by atoms with van der Waals surface area (Å²) in [5.41, 5.74) is 9.29. The molecule has 3 heterocycles. The molecule has 0 aliphatic carbocycles. The minimum Gasteiger partial charge on any atom is -0.381 e. The number of fused-ring (bicyclic) bond motifs is 1. The maximum atomic E-state index is 5.94. The molecule has 0 aromatic carbocycles. The van der Waals surface area contributed by atoms with Gasteiger partial charge in [-0.2, -0.15) is 0 Å². The second kappa shape index (κ2) is 6.13. The van der Waals surface area contributed by atoms with Crippen LogP contribution in [0.4, 0.5) is 0 Å². The van der Waals surface area contributed by atoms with Gasteiger partial charge in [0, 0.05) is 45.2 Å². The van der Waals surface area contributed by atoms with E-state index in [0.29, 0.717) is 18.7 Å². The van der Waals surface area contributed by atoms with Gasteiger partial charge >= 0.3 is 0 Å². The topological polar surface area (TPSA) is 55.8 Å². The second-order valence-corrected chi connectivity index (χ2v) is 5.95. The van der Waals surface area contributed by atoms with Crippen molar-refractivity contribution in [2.24, 2.45) is 5.73 Å². The fourth-order valence-electron chi connectivity index (χ4n) is 3.17. The molecule has 2 atom stereocenters. The summed E-state index contributed by atoms with van der Waals surface area (Å²) in [6.07, 6.45) is 6.67. The molecule has 1 fully saturated rings. The Kier molecular flexibility index (Phi) is 4.24. The van der Waals surface area contributed by atoms with Crippen LogP contribution in [0.3, 0.4) is 0 Å². The molecular weight excluding hydrogens is 264 g/mol. The summed E-state index contributed by atoms with van der Waals surface area (Å²) in [4.78, 5) is 7.14. The number of hydrogen-bond donors (Lipinski definition) is 1. The Balaban J connectivity index is 1.74. The monoisotopic (exact) mass is 288 g/mol. The lowest BCUT2D eigenvalue weighted by Gasteiger charge is -2.38. The normalized spacial score (nSPS) is 23.8. The Labute approximate surface area is 125 Å². The van der Waals surface area contributed by atoms with Crippen molar-refractivity contribution in [3.05, 3.63) is 35.8 Å². The molecule has 1 saturated heterocycles. The number of methoxy groups -OCH3 is 1. The maximum absolute atomic E-state index is 5.94. The quantitative estimate of drug-likeness (QED) is 0.928. The number of nitrogens with zero attached hydrogens (tertiary/aromatic N) is 3. The molecule has 5 heteroatoms. The first kappa shape index (κ1) is 14.5. The van der Waals surface area contributed by atoms with E-state index < -0.39 is 0 Å². The van der Waals surface area contributed by atoms with Crippen molar-refractivity contribution < 1.29 is 4.74 Å². The van der Waals surface area contributed by atoms with E-state index in [1.165, 1.54) is 5.56 Å². The predicted molar refractivity (Wildman–Crippen MR) is 83.2 cm³/mol. The zero-order valence-electron chi connectivity index (χ0n) is 12.8. The summed E-state index contributed by atoms with van der Waals surface area (Å²) in [5, 5.41) is 0. The van der Waals surface area contributed by atoms with E-state index in [1.807, 2.05) is 0 Å². The van der Waals surface area contributed by atoms with Gasteiger partial charge in [-0.15, -0.1) is 0 Å². The lowest BCUT2D eigenvalue weighted by molar-refractivity contribution is 0.00983. The van der Waals surface area contributed by atoms with Gasteiger partial charge in [0.05, 0.1) is 11.8 Å². The molecular formula is C16H24N4O. The molecule has 21 heavy (non-hydrogen) atoms. The van der Waals surface area contributed by atoms with Crippen LogP contribution >= 0.6 is 0 Å². The zero-order valence-corrected chi connectivity index (χ0v) is 12.8. The highest BCUT2D eigenvalue weighted by Gasteiger charge is 2.27. The summed E-state index contributed by atoms with van der Waals surface area (Å²) in [6.45, 7) is 4.65. The van der Waals surface area contributed by atoms with Crippen LogP contribution in [0.5, 0.6) is 0 Å². The number of rotatable bonds is 4. The first-order valence-electron chi connectivity index (χ1n) is 7.60. The predicted octanol–water partition coefficient (Wildman–Crippen LogP) is 1.58. The lowest BCUT2D eigenvalue weighted by atomic mass is 9.99. The Morgan fingerprint density at radius 1 is 1.38 bits per heavy atom. The van der Waals surface area contributed by atoms with Crippen LogP contribution in [0, 0.1) is 6.92 Å². The number of nitrogens with two attached hydrogens (primary N) is 1. The van der Waals surface area contributed by atoms with E-state index in [9.17, 15) is 0 Å². The van der Waals surface area contributed by atoms with E-state index in [1.54, 1.807) is 7.11 Å². The lowest BCUT2D eigenvalue weighted by Crippen LogP contribution is -2.48. The van der Waals surface area contributed by atoms with Crippen LogP contribution in [-0.2, 0) is 11.3 Å². The molecule has 0 bridgehead atoms. The van der Waals surface area contributed by atoms with Gasteiger partial charge in [0.15, 0.2) is 0 Å². The first-order valence-corrected chi connectivity index (χ1v) is 7.60. The van der Waals surface area contributed by atoms with E-state index in [2.05, 4.69) is 40.8 Å². The number of pyridine rings is 1. The number of imidazole rings is 1. The van der Waals surface area contributed by atoms with Crippen LogP contribution < -0.4 is 5.73 Å². The first-order chi connectivity index (χ1) is 10.2. The standard InChI is InChI=1S/C16H24N4O/c1-12-3-4-16-18-13(11-20(16)9-12)10-19-6-5-15(21-2)7-14(19)8-17/h3-4,9,11,14-15H,5-8,10,17H2,1-2H3. The van der Waals surface area contributed by atoms with Crippen molar-refractivity contribution in [1.29, 1.82) is 0 Å². The smallest absolute Gasteiger partial charge is 0.137 e. The van der Waals surface area contributed by atoms with Gasteiger partial charge in [-0.1, -0.05) is 6.07 Å². The van der Waals surface area contributed by atoms with E-state index in [-0.39, 0.29) is 0 Å². The van der Waals surface area contributed by atoms with E-state index in [4.69, 9.17) is 15.5 Å². The summed E-state index contributed by atoms with van der Waals surface area (Å²) in [7, 11) is 1.79. The number of ether oxygens (including phenoxy) is 1. The molecule has 0 amide bonds. The van der Waals surface area contributed by atoms with Gasteiger partial charge in [-0.3, -0.25) is 4.90 Å². The summed E-state index contributed by atoms with van der Waals surface area (Å²) >= 11 is 0. The maximum Gasteiger partial charge on any atom is 0.137 e. The van der Waals surface area contributed by atoms with Crippen molar-refractivity contribution in [2.45, 2.75) is 38.5 Å². The van der Waals surface area contributed by atoms with Crippen LogP contribution in [0.15, 0.2) is 24.5 Å². The highest BCUT2D eigenvalue weighted by molar-refractivity contribution is 5.41. The minimum absolute atomic E-state index is 0.346. The summed E-state index contributed by atoms with van der Waals surface area (Å²) in [5.74, 6) is 0. The molecule has 114 valence electrons. The molecule has 2 unspecified atom stereocenters. The molecule has 5 nitrogen and oxygen atoms in total. The van der Waals surface area contributed by atoms with Crippen molar-refractivity contribution in [1.82, 2.24) is 14.3 Å². The van der Waals surface area contributed by atoms with Gasteiger partial charge in [0.25, 0.3) is 0 Å². The van der Waals surface area contributed by atoms with Gasteiger partial charge < -0.3 is 14.9 Å². The summed E-state index contributed by atoms with van der Waals surface area (Å²) < 4.78 is 7.58. The van der Waals surface area contributed by atoms with Crippen molar-refractivity contribution in [3.8, 4) is 0 Å². The van der Waals surface area contributed by atoms with Crippen LogP contribution in [0.25, 0.3) is 5.65 Å². The van der Waals surface area contributed by atoms with Gasteiger partial charge in [0.2, 0.25) is 0 Å². The molecule has 0 spiro atoms. The Bertz CT molecular complexity index is 609. The van der Waals surface area contributed by atoms with Crippen LogP contribution in [0.1, 0.15) is 24.1 Å². The van der Waals surface area contributed by atoms with Gasteiger partial charge in [-0.25, -0.2) is 4.98 Å². The second-order valence-electron chi connectivity index (χ2n) is 5.95. The molecule has 2 N–H and O–H groups in total. The van der Waals surface area contributed by atoms with E-state index >= 15 is 0 Å². The molecule has 3 rings (SSSR count). The molecule has 2 aromatic heterocycles. The Hall–Kier alpha value is -1.43. The van der Waals surface area contributed by atoms with Crippen LogP contribution in [-0.4, -0.2) is 46.6 Å². The molecule has 0 radical (unpaired) electrons. The van der Waals surface area contributed by atoms with Crippen molar-refractivity contribution in [3.63, 3.8) is 0 Å². The largest absolute Gasteiger partial charge is 0.381 e. The third kappa shape index (κ3) is 3.10. The number of aryl methyl sites for hydroxylation is 1. The fourth-order valence-corrected chi connectivity index (χ4v) is 3.17. The zero-order chi connectivity index (χ0) is 14.8.